The first-order valence-corrected chi connectivity index (χ1v) is 26.6. The second-order valence-electron chi connectivity index (χ2n) is 18.2. The van der Waals surface area contributed by atoms with E-state index < -0.39 is 13.3 Å². The van der Waals surface area contributed by atoms with Crippen LogP contribution in [0.1, 0.15) is 76.0 Å². The Labute approximate surface area is 370 Å². The minimum atomic E-state index is -3.70. The number of hydrogen-bond donors (Lipinski definition) is 0. The second-order valence-corrected chi connectivity index (χ2v) is 25.9. The molecular weight excluding hydrogens is 812 g/mol. The van der Waals surface area contributed by atoms with Gasteiger partial charge in [0, 0.05) is 0 Å². The van der Waals surface area contributed by atoms with Crippen LogP contribution in [-0.4, -0.2) is 20.0 Å². The fraction of sp³-hybridized carbons (Fsp3) is 0.158. The van der Waals surface area contributed by atoms with Gasteiger partial charge in [-0.2, -0.15) is 0 Å². The van der Waals surface area contributed by atoms with Gasteiger partial charge in [-0.05, 0) is 5.92 Å². The number of ether oxygens (including phenoxy) is 1. The summed E-state index contributed by atoms with van der Waals surface area (Å²) >= 11 is -3.70. The molecule has 62 heavy (non-hydrogen) atoms. The van der Waals surface area contributed by atoms with E-state index in [-0.39, 0.29) is 6.71 Å². The standard InChI is InChI=1S/C57H51BGeN2O/c1-37(2)40-34-43(38(3)4)57(44(35-40)39(5)6)58-45-22-10-19-31-55(45)62-56-36-42(32-33-46(56)58)61-53-29-17-13-25-49(53)59(50-26-14-18-30-54(50)61)47-23-11-15-27-51(47)60(41-20-8-7-9-21-41)52-28-16-12-24-48(52)59/h7-39H,1-6H3. The summed E-state index contributed by atoms with van der Waals surface area (Å²) in [7, 11) is 0. The van der Waals surface area contributed by atoms with Crippen LogP contribution in [0.2, 0.25) is 0 Å². The van der Waals surface area contributed by atoms with Gasteiger partial charge in [-0.25, -0.2) is 0 Å². The van der Waals surface area contributed by atoms with E-state index in [4.69, 9.17) is 4.74 Å². The molecule has 8 aromatic rings. The molecule has 0 N–H and O–H groups in total. The van der Waals surface area contributed by atoms with Crippen molar-refractivity contribution in [1.29, 1.82) is 0 Å². The molecule has 0 saturated carbocycles. The fourth-order valence-corrected chi connectivity index (χ4v) is 22.4. The second kappa shape index (κ2) is 15.0. The molecule has 0 bridgehead atoms. The molecule has 0 radical (unpaired) electrons. The molecule has 0 saturated heterocycles. The van der Waals surface area contributed by atoms with Gasteiger partial charge in [0.2, 0.25) is 0 Å². The number of nitrogens with zero attached hydrogens (tertiary/aromatic N) is 2. The monoisotopic (exact) mass is 864 g/mol. The van der Waals surface area contributed by atoms with Gasteiger partial charge in [0.1, 0.15) is 0 Å². The predicted molar refractivity (Wildman–Crippen MR) is 266 cm³/mol. The molecule has 0 atom stereocenters. The first kappa shape index (κ1) is 38.7. The van der Waals surface area contributed by atoms with Crippen molar-refractivity contribution in [2.45, 2.75) is 59.3 Å². The van der Waals surface area contributed by atoms with E-state index in [9.17, 15) is 0 Å². The normalized spacial score (nSPS) is 14.2. The van der Waals surface area contributed by atoms with Crippen molar-refractivity contribution < 1.29 is 4.74 Å². The molecular formula is C57H51BGeN2O. The summed E-state index contributed by atoms with van der Waals surface area (Å²) in [4.78, 5) is 5.01. The zero-order chi connectivity index (χ0) is 42.3. The van der Waals surface area contributed by atoms with Gasteiger partial charge in [-0.15, -0.1) is 0 Å². The van der Waals surface area contributed by atoms with Gasteiger partial charge >= 0.3 is 352 Å². The molecule has 3 aliphatic rings. The van der Waals surface area contributed by atoms with Crippen LogP contribution in [0.5, 0.6) is 11.5 Å². The maximum absolute atomic E-state index is 7.04. The number of rotatable bonds is 6. The van der Waals surface area contributed by atoms with Crippen molar-refractivity contribution in [3.8, 4) is 11.5 Å². The Morgan fingerprint density at radius 3 is 1.34 bits per heavy atom. The van der Waals surface area contributed by atoms with Crippen LogP contribution in [-0.2, 0) is 0 Å². The Bertz CT molecular complexity index is 2900. The Morgan fingerprint density at radius 1 is 0.403 bits per heavy atom. The van der Waals surface area contributed by atoms with Crippen molar-refractivity contribution in [3.63, 3.8) is 0 Å². The van der Waals surface area contributed by atoms with Crippen LogP contribution < -0.4 is 48.5 Å². The quantitative estimate of drug-likeness (QED) is 0.155. The van der Waals surface area contributed by atoms with Gasteiger partial charge in [0.15, 0.2) is 0 Å². The summed E-state index contributed by atoms with van der Waals surface area (Å²) in [6.45, 7) is 14.1. The van der Waals surface area contributed by atoms with Crippen LogP contribution in [0.25, 0.3) is 0 Å². The van der Waals surface area contributed by atoms with Crippen LogP contribution in [0, 0.1) is 0 Å². The first-order chi connectivity index (χ1) is 30.3. The predicted octanol–water partition coefficient (Wildman–Crippen LogP) is 10.6. The van der Waals surface area contributed by atoms with Crippen molar-refractivity contribution in [2.75, 3.05) is 9.80 Å². The van der Waals surface area contributed by atoms with E-state index in [0.717, 1.165) is 17.2 Å². The summed E-state index contributed by atoms with van der Waals surface area (Å²) in [6.07, 6.45) is 0. The Morgan fingerprint density at radius 2 is 0.839 bits per heavy atom. The van der Waals surface area contributed by atoms with Gasteiger partial charge in [0.05, 0.1) is 0 Å². The van der Waals surface area contributed by atoms with Crippen molar-refractivity contribution in [3.05, 3.63) is 199 Å². The molecule has 3 heterocycles. The van der Waals surface area contributed by atoms with Crippen LogP contribution in [0.15, 0.2) is 182 Å². The molecule has 1 spiro atoms. The van der Waals surface area contributed by atoms with Crippen LogP contribution >= 0.6 is 0 Å². The molecule has 0 fully saturated rings. The number of fused-ring (bicyclic) bond motifs is 10. The molecule has 3 aliphatic heterocycles. The van der Waals surface area contributed by atoms with Crippen LogP contribution in [0.3, 0.4) is 0 Å². The van der Waals surface area contributed by atoms with E-state index in [1.54, 1.807) is 0 Å². The average molecular weight is 863 g/mol. The van der Waals surface area contributed by atoms with Gasteiger partial charge in [-0.1, -0.05) is 13.8 Å². The topological polar surface area (TPSA) is 15.7 Å². The molecule has 8 aromatic carbocycles. The molecule has 0 unspecified atom stereocenters. The first-order valence-electron chi connectivity index (χ1n) is 22.4. The third kappa shape index (κ3) is 5.72. The Hall–Kier alpha value is -6.23. The average Bonchev–Trinajstić information content (AvgIpc) is 3.30. The van der Waals surface area contributed by atoms with Crippen LogP contribution in [0.4, 0.5) is 34.1 Å². The van der Waals surface area contributed by atoms with E-state index in [0.29, 0.717) is 17.8 Å². The van der Waals surface area contributed by atoms with Crippen molar-refractivity contribution >= 4 is 88.1 Å². The van der Waals surface area contributed by atoms with E-state index >= 15 is 0 Å². The molecule has 302 valence electrons. The van der Waals surface area contributed by atoms with E-state index in [1.807, 2.05) is 0 Å². The van der Waals surface area contributed by atoms with Crippen molar-refractivity contribution in [1.82, 2.24) is 0 Å². The maximum atomic E-state index is 7.04. The summed E-state index contributed by atoms with van der Waals surface area (Å²) in [5, 5.41) is 0. The summed E-state index contributed by atoms with van der Waals surface area (Å²) < 4.78 is 12.8. The third-order valence-corrected chi connectivity index (χ3v) is 24.0. The molecule has 0 aliphatic carbocycles. The molecule has 0 aromatic heterocycles. The SMILES string of the molecule is CC(C)c1cc(C(C)C)c(B2c3ccccc3Oc3cc(N4c5cccc[c]5[Ge]5([c]6ccccc6N(c6ccccc6)c6cccc[c]65)[c]5ccccc54)ccc32)c(C(C)C)c1. The summed E-state index contributed by atoms with van der Waals surface area (Å²) in [6, 6.07) is 68.6. The number of hydrogen-bond acceptors (Lipinski definition) is 3. The Balaban J connectivity index is 1.13. The number of anilines is 6. The summed E-state index contributed by atoms with van der Waals surface area (Å²) in [5.41, 5.74) is 15.5. The van der Waals surface area contributed by atoms with Gasteiger partial charge in [-0.3, -0.25) is 0 Å². The van der Waals surface area contributed by atoms with E-state index in [1.165, 1.54) is 79.1 Å². The number of para-hydroxylation sites is 6. The molecule has 0 amide bonds. The molecule has 5 heteroatoms. The Kier molecular flexibility index (Phi) is 9.35. The minimum absolute atomic E-state index is 0.0435. The fourth-order valence-electron chi connectivity index (χ4n) is 10.9. The van der Waals surface area contributed by atoms with Gasteiger partial charge < -0.3 is 0 Å². The zero-order valence-electron chi connectivity index (χ0n) is 36.4. The molecule has 11 rings (SSSR count). The zero-order valence-corrected chi connectivity index (χ0v) is 38.5. The molecule has 3 nitrogen and oxygen atoms in total. The van der Waals surface area contributed by atoms with Gasteiger partial charge in [0.25, 0.3) is 0 Å². The van der Waals surface area contributed by atoms with E-state index in [2.05, 4.69) is 233 Å². The third-order valence-electron chi connectivity index (χ3n) is 13.7. The summed E-state index contributed by atoms with van der Waals surface area (Å²) in [5.74, 6) is 3.05. The van der Waals surface area contributed by atoms with Crippen molar-refractivity contribution in [2.24, 2.45) is 0 Å². The number of benzene rings is 8.